The van der Waals surface area contributed by atoms with Crippen LogP contribution in [0, 0.1) is 0 Å². The van der Waals surface area contributed by atoms with E-state index in [4.69, 9.17) is 9.47 Å². The number of piperidine rings is 1. The number of nitrogens with one attached hydrogen (secondary N) is 1. The highest BCUT2D eigenvalue weighted by Crippen LogP contribution is 2.22. The third-order valence-corrected chi connectivity index (χ3v) is 4.73. The van der Waals surface area contributed by atoms with Crippen molar-refractivity contribution in [3.63, 3.8) is 0 Å². The minimum Gasteiger partial charge on any atom is -0.497 e. The maximum absolute atomic E-state index is 11.7. The summed E-state index contributed by atoms with van der Waals surface area (Å²) in [5, 5.41) is 6.02. The van der Waals surface area contributed by atoms with Crippen LogP contribution in [0.5, 0.6) is 5.75 Å². The average Bonchev–Trinajstić information content (AvgIpc) is 2.66. The van der Waals surface area contributed by atoms with Crippen LogP contribution in [0.2, 0.25) is 0 Å². The zero-order chi connectivity index (χ0) is 17.6. The number of nitrogens with zero attached hydrogens (tertiary/aromatic N) is 1. The second-order valence-corrected chi connectivity index (χ2v) is 6.39. The Balaban J connectivity index is 1.52. The lowest BCUT2D eigenvalue weighted by Crippen LogP contribution is -2.44. The highest BCUT2D eigenvalue weighted by molar-refractivity contribution is 5.84. The van der Waals surface area contributed by atoms with Crippen molar-refractivity contribution in [2.75, 3.05) is 26.8 Å². The second-order valence-electron chi connectivity index (χ2n) is 6.39. The van der Waals surface area contributed by atoms with Crippen molar-refractivity contribution in [1.82, 2.24) is 10.2 Å². The van der Waals surface area contributed by atoms with E-state index >= 15 is 0 Å². The highest BCUT2D eigenvalue weighted by atomic mass is 16.6. The summed E-state index contributed by atoms with van der Waals surface area (Å²) in [7, 11) is 1.69. The first-order valence-corrected chi connectivity index (χ1v) is 8.91. The lowest BCUT2D eigenvalue weighted by atomic mass is 10.0. The van der Waals surface area contributed by atoms with Crippen molar-refractivity contribution in [2.45, 2.75) is 32.4 Å². The molecule has 0 unspecified atom stereocenters. The molecule has 0 bridgehead atoms. The number of carbonyl (C=O) groups excluding carboxylic acids is 1. The predicted molar refractivity (Wildman–Crippen MR) is 99.0 cm³/mol. The summed E-state index contributed by atoms with van der Waals surface area (Å²) in [6.45, 7) is 4.63. The van der Waals surface area contributed by atoms with Gasteiger partial charge in [0, 0.05) is 25.7 Å². The number of carbonyl (C=O) groups is 1. The van der Waals surface area contributed by atoms with Crippen LogP contribution in [0.3, 0.4) is 0 Å². The minimum atomic E-state index is -0.189. The molecule has 0 aliphatic carbocycles. The fraction of sp³-hybridized carbons (Fsp3) is 0.450. The summed E-state index contributed by atoms with van der Waals surface area (Å²) in [4.78, 5) is 13.5. The molecule has 25 heavy (non-hydrogen) atoms. The number of amides is 1. The Morgan fingerprint density at radius 2 is 1.88 bits per heavy atom. The topological polar surface area (TPSA) is 50.8 Å². The summed E-state index contributed by atoms with van der Waals surface area (Å²) < 4.78 is 10.3. The number of fused-ring (bicyclic) bond motifs is 1. The summed E-state index contributed by atoms with van der Waals surface area (Å²) in [5.41, 5.74) is 1.27. The largest absolute Gasteiger partial charge is 0.497 e. The molecule has 1 amide bonds. The monoisotopic (exact) mass is 342 g/mol. The number of rotatable bonds is 5. The van der Waals surface area contributed by atoms with Gasteiger partial charge in [0.1, 0.15) is 5.75 Å². The van der Waals surface area contributed by atoms with Gasteiger partial charge in [-0.25, -0.2) is 4.79 Å². The van der Waals surface area contributed by atoms with Gasteiger partial charge in [0.25, 0.3) is 0 Å². The van der Waals surface area contributed by atoms with Crippen LogP contribution in [-0.2, 0) is 11.3 Å². The molecule has 0 aromatic heterocycles. The van der Waals surface area contributed by atoms with Crippen molar-refractivity contribution in [3.8, 4) is 5.75 Å². The number of methoxy groups -OCH3 is 1. The smallest absolute Gasteiger partial charge is 0.409 e. The van der Waals surface area contributed by atoms with Gasteiger partial charge in [-0.05, 0) is 54.3 Å². The molecule has 2 aromatic carbocycles. The van der Waals surface area contributed by atoms with E-state index in [1.165, 1.54) is 16.3 Å². The van der Waals surface area contributed by atoms with Gasteiger partial charge in [-0.15, -0.1) is 0 Å². The SMILES string of the molecule is CCOC(=O)N1CCC(NCc2ccc3cc(OC)ccc3c2)CC1. The second kappa shape index (κ2) is 8.21. The van der Waals surface area contributed by atoms with Gasteiger partial charge in [-0.3, -0.25) is 0 Å². The Morgan fingerprint density at radius 1 is 1.16 bits per heavy atom. The van der Waals surface area contributed by atoms with Gasteiger partial charge in [-0.2, -0.15) is 0 Å². The van der Waals surface area contributed by atoms with Gasteiger partial charge < -0.3 is 19.7 Å². The van der Waals surface area contributed by atoms with Crippen molar-refractivity contribution in [3.05, 3.63) is 42.0 Å². The normalized spacial score (nSPS) is 15.4. The number of hydrogen-bond acceptors (Lipinski definition) is 4. The fourth-order valence-corrected chi connectivity index (χ4v) is 3.25. The standard InChI is InChI=1S/C20H26N2O3/c1-3-25-20(23)22-10-8-18(9-11-22)21-14-15-4-5-17-13-19(24-2)7-6-16(17)12-15/h4-7,12-13,18,21H,3,8-11,14H2,1-2H3. The molecule has 1 aliphatic heterocycles. The molecule has 5 nitrogen and oxygen atoms in total. The Kier molecular flexibility index (Phi) is 5.76. The van der Waals surface area contributed by atoms with E-state index < -0.39 is 0 Å². The molecule has 1 heterocycles. The lowest BCUT2D eigenvalue weighted by Gasteiger charge is -2.31. The maximum Gasteiger partial charge on any atom is 0.409 e. The van der Waals surface area contributed by atoms with Crippen molar-refractivity contribution in [2.24, 2.45) is 0 Å². The van der Waals surface area contributed by atoms with Crippen molar-refractivity contribution in [1.29, 1.82) is 0 Å². The van der Waals surface area contributed by atoms with E-state index in [2.05, 4.69) is 35.6 Å². The van der Waals surface area contributed by atoms with Crippen LogP contribution in [0.1, 0.15) is 25.3 Å². The molecule has 5 heteroatoms. The number of ether oxygens (including phenoxy) is 2. The van der Waals surface area contributed by atoms with Gasteiger partial charge >= 0.3 is 6.09 Å². The summed E-state index contributed by atoms with van der Waals surface area (Å²) in [5.74, 6) is 0.881. The van der Waals surface area contributed by atoms with E-state index in [0.29, 0.717) is 12.6 Å². The lowest BCUT2D eigenvalue weighted by molar-refractivity contribution is 0.0950. The minimum absolute atomic E-state index is 0.189. The molecule has 0 spiro atoms. The van der Waals surface area contributed by atoms with Gasteiger partial charge in [0.05, 0.1) is 13.7 Å². The van der Waals surface area contributed by atoms with E-state index in [9.17, 15) is 4.79 Å². The van der Waals surface area contributed by atoms with E-state index in [-0.39, 0.29) is 6.09 Å². The van der Waals surface area contributed by atoms with Crippen LogP contribution >= 0.6 is 0 Å². The number of likely N-dealkylation sites (tertiary alicyclic amines) is 1. The zero-order valence-electron chi connectivity index (χ0n) is 15.0. The predicted octanol–water partition coefficient (Wildman–Crippen LogP) is 3.56. The summed E-state index contributed by atoms with van der Waals surface area (Å²) in [6.07, 6.45) is 1.73. The number of hydrogen-bond donors (Lipinski definition) is 1. The molecule has 1 aliphatic rings. The Hall–Kier alpha value is -2.27. The Labute approximate surface area is 148 Å². The maximum atomic E-state index is 11.7. The van der Waals surface area contributed by atoms with Crippen LogP contribution in [0.4, 0.5) is 4.79 Å². The first kappa shape index (κ1) is 17.5. The Morgan fingerprint density at radius 3 is 2.60 bits per heavy atom. The molecule has 1 N–H and O–H groups in total. The molecule has 3 rings (SSSR count). The van der Waals surface area contributed by atoms with E-state index in [1.54, 1.807) is 12.0 Å². The average molecular weight is 342 g/mol. The molecule has 134 valence electrons. The molecular weight excluding hydrogens is 316 g/mol. The fourth-order valence-electron chi connectivity index (χ4n) is 3.25. The van der Waals surface area contributed by atoms with Crippen LogP contribution in [-0.4, -0.2) is 43.8 Å². The Bertz CT molecular complexity index is 724. The molecule has 2 aromatic rings. The molecule has 1 saturated heterocycles. The molecule has 0 atom stereocenters. The molecular formula is C20H26N2O3. The van der Waals surface area contributed by atoms with Gasteiger partial charge in [0.15, 0.2) is 0 Å². The highest BCUT2D eigenvalue weighted by Gasteiger charge is 2.23. The van der Waals surface area contributed by atoms with E-state index in [1.807, 2.05) is 13.0 Å². The van der Waals surface area contributed by atoms with E-state index in [0.717, 1.165) is 38.2 Å². The van der Waals surface area contributed by atoms with Crippen LogP contribution in [0.25, 0.3) is 10.8 Å². The third-order valence-electron chi connectivity index (χ3n) is 4.73. The van der Waals surface area contributed by atoms with Crippen molar-refractivity contribution < 1.29 is 14.3 Å². The molecule has 0 saturated carbocycles. The zero-order valence-corrected chi connectivity index (χ0v) is 15.0. The first-order chi connectivity index (χ1) is 12.2. The molecule has 0 radical (unpaired) electrons. The van der Waals surface area contributed by atoms with Crippen molar-refractivity contribution >= 4 is 16.9 Å². The first-order valence-electron chi connectivity index (χ1n) is 8.91. The molecule has 1 fully saturated rings. The van der Waals surface area contributed by atoms with Gasteiger partial charge in [0.2, 0.25) is 0 Å². The van der Waals surface area contributed by atoms with Crippen LogP contribution in [0.15, 0.2) is 36.4 Å². The van der Waals surface area contributed by atoms with Crippen LogP contribution < -0.4 is 10.1 Å². The number of benzene rings is 2. The quantitative estimate of drug-likeness (QED) is 0.903. The van der Waals surface area contributed by atoms with Gasteiger partial charge in [-0.1, -0.05) is 18.2 Å². The summed E-state index contributed by atoms with van der Waals surface area (Å²) >= 11 is 0. The summed E-state index contributed by atoms with van der Waals surface area (Å²) in [6, 6.07) is 13.1. The third kappa shape index (κ3) is 4.42.